The number of nitrogens with zero attached hydrogens (tertiary/aromatic N) is 1. The minimum Gasteiger partial charge on any atom is -0.494 e. The molecule has 0 saturated heterocycles. The molecule has 0 amide bonds. The molecule has 6 heteroatoms. The van der Waals surface area contributed by atoms with Gasteiger partial charge < -0.3 is 4.74 Å². The van der Waals surface area contributed by atoms with E-state index in [1.54, 1.807) is 0 Å². The van der Waals surface area contributed by atoms with Crippen LogP contribution in [0.5, 0.6) is 5.75 Å². The first-order valence-corrected chi connectivity index (χ1v) is 4.58. The van der Waals surface area contributed by atoms with Crippen LogP contribution in [0.3, 0.4) is 0 Å². The zero-order chi connectivity index (χ0) is 10.7. The summed E-state index contributed by atoms with van der Waals surface area (Å²) in [6.45, 7) is 0. The van der Waals surface area contributed by atoms with Crippen LogP contribution in [0, 0.1) is 0 Å². The summed E-state index contributed by atoms with van der Waals surface area (Å²) in [6.07, 6.45) is -2.69. The van der Waals surface area contributed by atoms with Gasteiger partial charge in [0.05, 0.1) is 7.11 Å². The molecule has 78 valence electrons. The van der Waals surface area contributed by atoms with Crippen LogP contribution in [0.25, 0.3) is 0 Å². The van der Waals surface area contributed by atoms with Crippen molar-refractivity contribution in [1.29, 1.82) is 0 Å². The van der Waals surface area contributed by atoms with E-state index in [0.29, 0.717) is 0 Å². The maximum Gasteiger partial charge on any atom is 0.280 e. The molecule has 1 aromatic heterocycles. The van der Waals surface area contributed by atoms with Crippen molar-refractivity contribution in [1.82, 2.24) is 4.98 Å². The van der Waals surface area contributed by atoms with Gasteiger partial charge in [0, 0.05) is 5.88 Å². The van der Waals surface area contributed by atoms with Crippen LogP contribution in [0.4, 0.5) is 8.78 Å². The van der Waals surface area contributed by atoms with E-state index in [0.717, 1.165) is 0 Å². The molecular weight excluding hydrogens is 235 g/mol. The molecule has 0 saturated carbocycles. The molecule has 14 heavy (non-hydrogen) atoms. The van der Waals surface area contributed by atoms with Gasteiger partial charge >= 0.3 is 0 Å². The van der Waals surface area contributed by atoms with Gasteiger partial charge in [0.15, 0.2) is 10.9 Å². The fourth-order valence-corrected chi connectivity index (χ4v) is 1.40. The summed E-state index contributed by atoms with van der Waals surface area (Å²) in [5, 5.41) is -0.0864. The lowest BCUT2D eigenvalue weighted by molar-refractivity contribution is 0.145. The van der Waals surface area contributed by atoms with Gasteiger partial charge in [0.25, 0.3) is 6.43 Å². The van der Waals surface area contributed by atoms with Crippen LogP contribution in [-0.2, 0) is 5.88 Å². The highest BCUT2D eigenvalue weighted by atomic mass is 35.5. The van der Waals surface area contributed by atoms with Gasteiger partial charge in [-0.05, 0) is 11.6 Å². The lowest BCUT2D eigenvalue weighted by atomic mass is 10.2. The Morgan fingerprint density at radius 1 is 1.57 bits per heavy atom. The van der Waals surface area contributed by atoms with Gasteiger partial charge in [-0.3, -0.25) is 0 Å². The Morgan fingerprint density at radius 3 is 2.64 bits per heavy atom. The molecule has 0 atom stereocenters. The second-order valence-corrected chi connectivity index (χ2v) is 3.09. The molecule has 0 radical (unpaired) electrons. The van der Waals surface area contributed by atoms with E-state index >= 15 is 0 Å². The van der Waals surface area contributed by atoms with Gasteiger partial charge in [-0.15, -0.1) is 11.6 Å². The van der Waals surface area contributed by atoms with Crippen LogP contribution < -0.4 is 4.74 Å². The predicted molar refractivity (Wildman–Crippen MR) is 50.3 cm³/mol. The average molecular weight is 242 g/mol. The Hall–Kier alpha value is -0.610. The molecule has 0 N–H and O–H groups in total. The van der Waals surface area contributed by atoms with Crippen molar-refractivity contribution in [2.45, 2.75) is 12.3 Å². The highest BCUT2D eigenvalue weighted by Gasteiger charge is 2.17. The molecule has 1 rings (SSSR count). The standard InChI is InChI=1S/C8H7Cl2F2NO/c1-14-5-2-4(3-9)6(8(11)12)13-7(5)10/h2,8H,3H2,1H3. The molecule has 0 aliphatic carbocycles. The number of hydrogen-bond acceptors (Lipinski definition) is 2. The van der Waals surface area contributed by atoms with Gasteiger partial charge in [-0.25, -0.2) is 13.8 Å². The molecule has 0 aromatic carbocycles. The Kier molecular flexibility index (Phi) is 3.89. The number of aromatic nitrogens is 1. The third-order valence-corrected chi connectivity index (χ3v) is 2.19. The number of pyridine rings is 1. The summed E-state index contributed by atoms with van der Waals surface area (Å²) >= 11 is 11.1. The number of halogens is 4. The van der Waals surface area contributed by atoms with Crippen LogP contribution in [-0.4, -0.2) is 12.1 Å². The van der Waals surface area contributed by atoms with Crippen molar-refractivity contribution in [2.24, 2.45) is 0 Å². The summed E-state index contributed by atoms with van der Waals surface area (Å²) in [5.41, 5.74) is -0.172. The second-order valence-electron chi connectivity index (χ2n) is 2.46. The molecule has 1 aromatic rings. The number of methoxy groups -OCH3 is 1. The van der Waals surface area contributed by atoms with E-state index in [1.807, 2.05) is 0 Å². The van der Waals surface area contributed by atoms with Crippen molar-refractivity contribution in [3.05, 3.63) is 22.5 Å². The van der Waals surface area contributed by atoms with E-state index in [4.69, 9.17) is 27.9 Å². The highest BCUT2D eigenvalue weighted by Crippen LogP contribution is 2.30. The smallest absolute Gasteiger partial charge is 0.280 e. The summed E-state index contributed by atoms with van der Waals surface area (Å²) in [6, 6.07) is 1.36. The zero-order valence-corrected chi connectivity index (χ0v) is 8.74. The zero-order valence-electron chi connectivity index (χ0n) is 7.23. The third kappa shape index (κ3) is 2.25. The largest absolute Gasteiger partial charge is 0.494 e. The van der Waals surface area contributed by atoms with Crippen LogP contribution in [0.1, 0.15) is 17.7 Å². The molecular formula is C8H7Cl2F2NO. The first kappa shape index (κ1) is 11.5. The molecule has 0 fully saturated rings. The molecule has 0 aliphatic rings. The molecule has 1 heterocycles. The minimum atomic E-state index is -2.69. The van der Waals surface area contributed by atoms with Crippen molar-refractivity contribution in [3.63, 3.8) is 0 Å². The normalized spacial score (nSPS) is 10.7. The summed E-state index contributed by atoms with van der Waals surface area (Å²) in [5.74, 6) is 0.187. The molecule has 0 unspecified atom stereocenters. The fraction of sp³-hybridized carbons (Fsp3) is 0.375. The first-order chi connectivity index (χ1) is 6.60. The maximum absolute atomic E-state index is 12.4. The summed E-state index contributed by atoms with van der Waals surface area (Å²) < 4.78 is 29.6. The number of hydrogen-bond donors (Lipinski definition) is 0. The molecule has 0 bridgehead atoms. The topological polar surface area (TPSA) is 22.1 Å². The average Bonchev–Trinajstić information content (AvgIpc) is 2.17. The lowest BCUT2D eigenvalue weighted by Crippen LogP contribution is -1.99. The van der Waals surface area contributed by atoms with Crippen molar-refractivity contribution in [3.8, 4) is 5.75 Å². The lowest BCUT2D eigenvalue weighted by Gasteiger charge is -2.09. The molecule has 0 aliphatic heterocycles. The van der Waals surface area contributed by atoms with E-state index in [2.05, 4.69) is 4.98 Å². The van der Waals surface area contributed by atoms with Crippen LogP contribution in [0.15, 0.2) is 6.07 Å². The van der Waals surface area contributed by atoms with Crippen LogP contribution in [0.2, 0.25) is 5.15 Å². The van der Waals surface area contributed by atoms with Gasteiger partial charge in [-0.2, -0.15) is 0 Å². The van der Waals surface area contributed by atoms with E-state index < -0.39 is 12.1 Å². The number of ether oxygens (including phenoxy) is 1. The maximum atomic E-state index is 12.4. The Bertz CT molecular complexity index is 333. The van der Waals surface area contributed by atoms with Crippen molar-refractivity contribution >= 4 is 23.2 Å². The SMILES string of the molecule is COc1cc(CCl)c(C(F)F)nc1Cl. The van der Waals surface area contributed by atoms with E-state index in [9.17, 15) is 8.78 Å². The van der Waals surface area contributed by atoms with Crippen molar-refractivity contribution in [2.75, 3.05) is 7.11 Å². The summed E-state index contributed by atoms with van der Waals surface area (Å²) in [4.78, 5) is 3.52. The first-order valence-electron chi connectivity index (χ1n) is 3.67. The monoisotopic (exact) mass is 241 g/mol. The fourth-order valence-electron chi connectivity index (χ4n) is 0.964. The third-order valence-electron chi connectivity index (χ3n) is 1.63. The Morgan fingerprint density at radius 2 is 2.21 bits per heavy atom. The van der Waals surface area contributed by atoms with Crippen molar-refractivity contribution < 1.29 is 13.5 Å². The quantitative estimate of drug-likeness (QED) is 0.598. The van der Waals surface area contributed by atoms with E-state index in [1.165, 1.54) is 13.2 Å². The number of alkyl halides is 3. The number of rotatable bonds is 3. The highest BCUT2D eigenvalue weighted by molar-refractivity contribution is 6.30. The molecule has 2 nitrogen and oxygen atoms in total. The van der Waals surface area contributed by atoms with Gasteiger partial charge in [0.2, 0.25) is 0 Å². The van der Waals surface area contributed by atoms with Gasteiger partial charge in [0.1, 0.15) is 5.69 Å². The predicted octanol–water partition coefficient (Wildman–Crippen LogP) is 3.42. The van der Waals surface area contributed by atoms with Gasteiger partial charge in [-0.1, -0.05) is 11.6 Å². The second kappa shape index (κ2) is 4.75. The summed E-state index contributed by atoms with van der Waals surface area (Å²) in [7, 11) is 1.38. The van der Waals surface area contributed by atoms with E-state index in [-0.39, 0.29) is 22.3 Å². The minimum absolute atomic E-state index is 0.0554. The molecule has 0 spiro atoms. The Labute approximate surface area is 89.8 Å². The van der Waals surface area contributed by atoms with Crippen LogP contribution >= 0.6 is 23.2 Å². The Balaban J connectivity index is 3.24.